The van der Waals surface area contributed by atoms with Crippen LogP contribution in [0.3, 0.4) is 0 Å². The maximum atomic E-state index is 13.1. The first-order valence-electron chi connectivity index (χ1n) is 29.7. The molecule has 0 saturated carbocycles. The highest BCUT2D eigenvalue weighted by Gasteiger charge is 2.11. The van der Waals surface area contributed by atoms with Crippen molar-refractivity contribution in [2.75, 3.05) is 0 Å². The van der Waals surface area contributed by atoms with Crippen LogP contribution in [0.25, 0.3) is 0 Å². The van der Waals surface area contributed by atoms with Gasteiger partial charge in [0.25, 0.3) is 0 Å². The van der Waals surface area contributed by atoms with E-state index in [0.29, 0.717) is 40.0 Å². The fourth-order valence-corrected chi connectivity index (χ4v) is 9.86. The fraction of sp³-hybridized carbons (Fsp3) is 0.342. The SMILES string of the molecule is Cc1ccc(C[NH2+][C@H](C)CCc2ccc(Cl)c(Cl)c2)cc1.Cc1ccc(C[NH2+][C@H](C)CCc2ccc(Cl)cc2)cc1.Cc1ccc(C[NH2+][C@H](C)CCc2ccc(F)c(Cl)c2)cc1.Cc1ccc(C[NH2+][C@H](C)CCc2ccc(O)c(C)c2)cc1.[Cl-].[Cl-].[Cl-].[Cl-]. The maximum Gasteiger partial charge on any atom is 0.141 e. The molecule has 474 valence electrons. The van der Waals surface area contributed by atoms with Gasteiger partial charge in [0.1, 0.15) is 37.7 Å². The van der Waals surface area contributed by atoms with Crippen LogP contribution in [0.2, 0.25) is 20.1 Å². The summed E-state index contributed by atoms with van der Waals surface area (Å²) in [5.74, 6) is 0.0390. The Kier molecular flexibility index (Phi) is 41.0. The predicted octanol–water partition coefficient (Wildman–Crippen LogP) is 3.10. The van der Waals surface area contributed by atoms with Crippen molar-refractivity contribution in [3.05, 3.63) is 274 Å². The summed E-state index contributed by atoms with van der Waals surface area (Å²) in [5, 5.41) is 21.4. The smallest absolute Gasteiger partial charge is 0.141 e. The highest BCUT2D eigenvalue weighted by Crippen LogP contribution is 2.24. The number of hydrogen-bond acceptors (Lipinski definition) is 1. The molecule has 0 aliphatic heterocycles. The van der Waals surface area contributed by atoms with Gasteiger partial charge >= 0.3 is 0 Å². The van der Waals surface area contributed by atoms with Crippen molar-refractivity contribution >= 4 is 46.4 Å². The molecule has 0 aliphatic rings. The minimum Gasteiger partial charge on any atom is -1.00 e. The number of phenolic OH excluding ortho intramolecular Hbond substituents is 1. The summed E-state index contributed by atoms with van der Waals surface area (Å²) in [6.07, 6.45) is 8.64. The van der Waals surface area contributed by atoms with E-state index in [9.17, 15) is 9.50 Å². The Morgan fingerprint density at radius 3 is 0.931 bits per heavy atom. The summed E-state index contributed by atoms with van der Waals surface area (Å²) in [5.41, 5.74) is 16.7. The average molecular weight is 1350 g/mol. The Labute approximate surface area is 566 Å². The summed E-state index contributed by atoms with van der Waals surface area (Å²) >= 11 is 23.7. The Morgan fingerprint density at radius 2 is 0.609 bits per heavy atom. The number of quaternary nitrogens is 4. The number of aromatic hydroxyl groups is 1. The van der Waals surface area contributed by atoms with E-state index in [0.717, 1.165) is 87.3 Å². The zero-order valence-electron chi connectivity index (χ0n) is 52.2. The lowest BCUT2D eigenvalue weighted by molar-refractivity contribution is -0.702. The van der Waals surface area contributed by atoms with Crippen molar-refractivity contribution in [3.63, 3.8) is 0 Å². The number of phenols is 1. The topological polar surface area (TPSA) is 86.7 Å². The van der Waals surface area contributed by atoms with E-state index in [4.69, 9.17) is 46.4 Å². The number of halogens is 9. The van der Waals surface area contributed by atoms with Gasteiger partial charge in [-0.15, -0.1) is 0 Å². The molecule has 9 N–H and O–H groups in total. The van der Waals surface area contributed by atoms with Crippen molar-refractivity contribution < 1.29 is 80.4 Å². The van der Waals surface area contributed by atoms with Gasteiger partial charge in [0.05, 0.1) is 39.2 Å². The fourth-order valence-electron chi connectivity index (χ4n) is 9.21. The van der Waals surface area contributed by atoms with Gasteiger partial charge in [0, 0.05) is 53.0 Å². The largest absolute Gasteiger partial charge is 1.00 e. The third kappa shape index (κ3) is 33.3. The van der Waals surface area contributed by atoms with Crippen molar-refractivity contribution in [2.45, 2.75) is 164 Å². The highest BCUT2D eigenvalue weighted by atomic mass is 35.5. The Morgan fingerprint density at radius 1 is 0.333 bits per heavy atom. The first-order chi connectivity index (χ1) is 39.8. The van der Waals surface area contributed by atoms with Gasteiger partial charge in [-0.25, -0.2) is 4.39 Å². The third-order valence-corrected chi connectivity index (χ3v) is 16.5. The maximum absolute atomic E-state index is 13.1. The van der Waals surface area contributed by atoms with Crippen molar-refractivity contribution in [1.82, 2.24) is 0 Å². The molecule has 8 aromatic rings. The van der Waals surface area contributed by atoms with Crippen LogP contribution in [-0.4, -0.2) is 29.3 Å². The molecule has 87 heavy (non-hydrogen) atoms. The molecule has 0 fully saturated rings. The van der Waals surface area contributed by atoms with E-state index >= 15 is 0 Å². The van der Waals surface area contributed by atoms with E-state index in [1.54, 1.807) is 12.1 Å². The molecule has 0 bridgehead atoms. The quantitative estimate of drug-likeness (QED) is 0.0634. The highest BCUT2D eigenvalue weighted by molar-refractivity contribution is 6.42. The molecule has 0 spiro atoms. The zero-order valence-corrected chi connectivity index (χ0v) is 58.2. The van der Waals surface area contributed by atoms with Gasteiger partial charge in [0.2, 0.25) is 0 Å². The lowest BCUT2D eigenvalue weighted by Gasteiger charge is -2.11. The first-order valence-corrected chi connectivity index (χ1v) is 31.2. The van der Waals surface area contributed by atoms with E-state index in [2.05, 4.69) is 198 Å². The van der Waals surface area contributed by atoms with Gasteiger partial charge in [-0.05, 0) is 158 Å². The summed E-state index contributed by atoms with van der Waals surface area (Å²) < 4.78 is 13.1. The average Bonchev–Trinajstić information content (AvgIpc) is 3.52. The second-order valence-electron chi connectivity index (χ2n) is 23.0. The van der Waals surface area contributed by atoms with Gasteiger partial charge in [-0.1, -0.05) is 202 Å². The summed E-state index contributed by atoms with van der Waals surface area (Å²) in [6.45, 7) is 23.6. The molecule has 0 aliphatic carbocycles. The first kappa shape index (κ1) is 80.7. The van der Waals surface area contributed by atoms with Crippen LogP contribution in [0.15, 0.2) is 176 Å². The molecule has 0 saturated heterocycles. The molecular weight excluding hydrogens is 1250 g/mol. The standard InChI is InChI=1S/C19H25NO.C18H21Cl2N.C18H21ClFN.C18H22ClN.4ClH/c1-14-4-7-18(8-5-14)13-20-16(3)6-9-17-10-11-19(21)15(2)12-17;1-13-3-6-16(7-4-13)12-21-14(2)5-8-15-9-10-17(19)18(20)11-15;1-13-3-6-16(7-4-13)12-21-14(2)5-8-15-9-10-18(20)17(19)11-15;1-14-3-6-17(7-4-14)13-20-15(2)5-8-16-9-11-18(19)12-10-16;;;;/h4-5,7-8,10-12,16,20-21H,6,9,13H2,1-3H3;2*3-4,6-7,9-11,14,21H,5,8,12H2,1-2H3;3-4,6-7,9-12,15,20H,5,8,13H2,1-2H3;4*1H/t16-;2*14-;15-;;;;/m1111..../s1. The van der Waals surface area contributed by atoms with Crippen LogP contribution in [0.4, 0.5) is 4.39 Å². The van der Waals surface area contributed by atoms with Gasteiger partial charge in [-0.2, -0.15) is 0 Å². The second-order valence-corrected chi connectivity index (χ2v) is 24.7. The van der Waals surface area contributed by atoms with Crippen LogP contribution in [0.5, 0.6) is 5.75 Å². The minimum atomic E-state index is -0.348. The lowest BCUT2D eigenvalue weighted by atomic mass is 10.0. The molecule has 4 atom stereocenters. The zero-order chi connectivity index (χ0) is 60.1. The summed E-state index contributed by atoms with van der Waals surface area (Å²) in [6, 6.07) is 62.3. The van der Waals surface area contributed by atoms with Gasteiger partial charge < -0.3 is 76.0 Å². The second kappa shape index (κ2) is 44.2. The number of aryl methyl sites for hydroxylation is 9. The van der Waals surface area contributed by atoms with E-state index in [1.165, 1.54) is 73.7 Å². The van der Waals surface area contributed by atoms with Crippen LogP contribution in [0.1, 0.15) is 126 Å². The van der Waals surface area contributed by atoms with E-state index in [-0.39, 0.29) is 60.5 Å². The van der Waals surface area contributed by atoms with Gasteiger partial charge in [0.15, 0.2) is 0 Å². The molecule has 0 unspecified atom stereocenters. The predicted molar refractivity (Wildman–Crippen MR) is 351 cm³/mol. The molecule has 5 nitrogen and oxygen atoms in total. The minimum absolute atomic E-state index is 0. The van der Waals surface area contributed by atoms with E-state index in [1.807, 2.05) is 43.3 Å². The summed E-state index contributed by atoms with van der Waals surface area (Å²) in [4.78, 5) is 0. The van der Waals surface area contributed by atoms with Crippen LogP contribution >= 0.6 is 46.4 Å². The normalized spacial score (nSPS) is 11.8. The molecule has 0 aromatic heterocycles. The number of rotatable bonds is 24. The van der Waals surface area contributed by atoms with E-state index < -0.39 is 0 Å². The monoisotopic (exact) mass is 1340 g/mol. The van der Waals surface area contributed by atoms with Crippen molar-refractivity contribution in [1.29, 1.82) is 0 Å². The van der Waals surface area contributed by atoms with Crippen LogP contribution in [0, 0.1) is 40.4 Å². The Balaban J connectivity index is 0.000000571. The van der Waals surface area contributed by atoms with Crippen molar-refractivity contribution in [3.8, 4) is 5.75 Å². The Bertz CT molecular complexity index is 2810. The lowest BCUT2D eigenvalue weighted by Crippen LogP contribution is -3.00. The molecule has 14 heteroatoms. The van der Waals surface area contributed by atoms with Gasteiger partial charge in [-0.3, -0.25) is 0 Å². The summed E-state index contributed by atoms with van der Waals surface area (Å²) in [7, 11) is 0. The van der Waals surface area contributed by atoms with Crippen LogP contribution in [-0.2, 0) is 51.9 Å². The molecule has 8 rings (SSSR count). The number of benzene rings is 8. The molecule has 0 amide bonds. The molecule has 0 heterocycles. The number of hydrogen-bond donors (Lipinski definition) is 5. The Hall–Kier alpha value is -4.35. The van der Waals surface area contributed by atoms with Crippen molar-refractivity contribution in [2.24, 2.45) is 0 Å². The third-order valence-electron chi connectivity index (χ3n) is 15.2. The molecule has 0 radical (unpaired) electrons. The molecular formula is C73H93Cl8FN4O. The molecule has 8 aromatic carbocycles. The number of nitrogens with two attached hydrogens (primary N) is 4. The van der Waals surface area contributed by atoms with Crippen LogP contribution < -0.4 is 70.9 Å².